The summed E-state index contributed by atoms with van der Waals surface area (Å²) in [6, 6.07) is -0.755. The van der Waals surface area contributed by atoms with Gasteiger partial charge in [0, 0.05) is 6.42 Å². The molecule has 0 aliphatic rings. The summed E-state index contributed by atoms with van der Waals surface area (Å²) in [7, 11) is 1.62. The molecule has 0 saturated heterocycles. The summed E-state index contributed by atoms with van der Waals surface area (Å²) in [6.45, 7) is 2.04. The predicted molar refractivity (Wildman–Crippen MR) is 90.1 cm³/mol. The van der Waals surface area contributed by atoms with Gasteiger partial charge in [-0.1, -0.05) is 6.92 Å². The van der Waals surface area contributed by atoms with Crippen molar-refractivity contribution < 1.29 is 19.2 Å². The number of hydrogen-bond donors (Lipinski definition) is 5. The van der Waals surface area contributed by atoms with Crippen LogP contribution >= 0.6 is 0 Å². The molecular weight excluding hydrogens is 314 g/mol. The Bertz CT molecular complexity index is 428. The lowest BCUT2D eigenvalue weighted by molar-refractivity contribution is -0.130. The number of Topliss-reactive ketones (excluding diaryl/α,β-unsaturated/α-hetero) is 1. The molecular formula is C15H29N5O4. The smallest absolute Gasteiger partial charge is 0.242 e. The van der Waals surface area contributed by atoms with Crippen LogP contribution in [0.3, 0.4) is 0 Å². The number of carbonyl (C=O) groups is 4. The van der Waals surface area contributed by atoms with Crippen molar-refractivity contribution in [2.75, 3.05) is 33.2 Å². The van der Waals surface area contributed by atoms with Gasteiger partial charge >= 0.3 is 0 Å². The van der Waals surface area contributed by atoms with Crippen molar-refractivity contribution in [1.82, 2.24) is 21.3 Å². The van der Waals surface area contributed by atoms with E-state index in [0.29, 0.717) is 25.8 Å². The number of nitrogens with one attached hydrogen (secondary N) is 4. The minimum Gasteiger partial charge on any atom is -0.347 e. The van der Waals surface area contributed by atoms with E-state index < -0.39 is 17.9 Å². The van der Waals surface area contributed by atoms with Gasteiger partial charge in [0.1, 0.15) is 6.04 Å². The van der Waals surface area contributed by atoms with Gasteiger partial charge in [-0.3, -0.25) is 19.2 Å². The maximum absolute atomic E-state index is 12.1. The average molecular weight is 343 g/mol. The first-order valence-corrected chi connectivity index (χ1v) is 8.14. The maximum atomic E-state index is 12.1. The van der Waals surface area contributed by atoms with Crippen molar-refractivity contribution in [3.05, 3.63) is 0 Å². The molecule has 24 heavy (non-hydrogen) atoms. The van der Waals surface area contributed by atoms with E-state index in [4.69, 9.17) is 5.73 Å². The van der Waals surface area contributed by atoms with Gasteiger partial charge in [0.25, 0.3) is 0 Å². The molecule has 1 unspecified atom stereocenters. The van der Waals surface area contributed by atoms with Gasteiger partial charge < -0.3 is 27.0 Å². The summed E-state index contributed by atoms with van der Waals surface area (Å²) in [4.78, 5) is 46.6. The molecule has 0 aromatic rings. The number of hydrogen-bond acceptors (Lipinski definition) is 6. The van der Waals surface area contributed by atoms with E-state index >= 15 is 0 Å². The van der Waals surface area contributed by atoms with Crippen molar-refractivity contribution in [2.45, 2.75) is 38.6 Å². The third-order valence-electron chi connectivity index (χ3n) is 3.24. The van der Waals surface area contributed by atoms with E-state index in [9.17, 15) is 19.2 Å². The number of rotatable bonds is 13. The zero-order chi connectivity index (χ0) is 18.4. The number of carbonyl (C=O) groups excluding carboxylic acids is 4. The Morgan fingerprint density at radius 2 is 1.67 bits per heavy atom. The Labute approximate surface area is 142 Å². The molecule has 0 spiro atoms. The largest absolute Gasteiger partial charge is 0.347 e. The second-order valence-corrected chi connectivity index (χ2v) is 5.32. The highest BCUT2D eigenvalue weighted by atomic mass is 16.2. The SMILES string of the molecule is CCC(=O)CNC(=O)C(CCCCN)NC(=O)CNC(=O)CNC. The molecule has 6 N–H and O–H groups in total. The minimum absolute atomic E-state index is 0.0580. The first-order chi connectivity index (χ1) is 11.4. The number of amides is 3. The molecule has 0 fully saturated rings. The first-order valence-electron chi connectivity index (χ1n) is 8.14. The molecule has 9 nitrogen and oxygen atoms in total. The molecule has 0 heterocycles. The van der Waals surface area contributed by atoms with Gasteiger partial charge in [0.05, 0.1) is 19.6 Å². The van der Waals surface area contributed by atoms with Gasteiger partial charge in [-0.2, -0.15) is 0 Å². The number of unbranched alkanes of at least 4 members (excludes halogenated alkanes) is 1. The van der Waals surface area contributed by atoms with Crippen LogP contribution in [0.25, 0.3) is 0 Å². The van der Waals surface area contributed by atoms with E-state index in [1.54, 1.807) is 14.0 Å². The molecule has 9 heteroatoms. The molecule has 3 amide bonds. The maximum Gasteiger partial charge on any atom is 0.242 e. The molecule has 1 atom stereocenters. The molecule has 138 valence electrons. The summed E-state index contributed by atoms with van der Waals surface area (Å²) < 4.78 is 0. The highest BCUT2D eigenvalue weighted by Gasteiger charge is 2.20. The monoisotopic (exact) mass is 343 g/mol. The molecule has 0 aromatic heterocycles. The van der Waals surface area contributed by atoms with Crippen LogP contribution in [-0.2, 0) is 19.2 Å². The van der Waals surface area contributed by atoms with Crippen LogP contribution in [0.1, 0.15) is 32.6 Å². The molecule has 0 aliphatic heterocycles. The highest BCUT2D eigenvalue weighted by molar-refractivity contribution is 5.92. The van der Waals surface area contributed by atoms with Crippen LogP contribution in [0.4, 0.5) is 0 Å². The first kappa shape index (κ1) is 22.0. The Balaban J connectivity index is 4.46. The van der Waals surface area contributed by atoms with Gasteiger partial charge in [-0.15, -0.1) is 0 Å². The van der Waals surface area contributed by atoms with E-state index in [2.05, 4.69) is 21.3 Å². The van der Waals surface area contributed by atoms with E-state index in [0.717, 1.165) is 6.42 Å². The summed E-state index contributed by atoms with van der Waals surface area (Å²) >= 11 is 0. The number of ketones is 1. The molecule has 0 aliphatic carbocycles. The Morgan fingerprint density at radius 1 is 0.958 bits per heavy atom. The standard InChI is InChI=1S/C15H29N5O4/c1-3-11(21)8-19-15(24)12(6-4-5-7-16)20-14(23)10-18-13(22)9-17-2/h12,17H,3-10,16H2,1-2H3,(H,18,22)(H,19,24)(H,20,23). The molecule has 0 saturated carbocycles. The summed E-state index contributed by atoms with van der Waals surface area (Å²) in [5, 5.41) is 10.2. The topological polar surface area (TPSA) is 142 Å². The fourth-order valence-corrected chi connectivity index (χ4v) is 1.84. The van der Waals surface area contributed by atoms with Crippen LogP contribution in [-0.4, -0.2) is 62.8 Å². The van der Waals surface area contributed by atoms with Crippen LogP contribution < -0.4 is 27.0 Å². The van der Waals surface area contributed by atoms with Crippen molar-refractivity contribution in [3.8, 4) is 0 Å². The number of likely N-dealkylation sites (N-methyl/N-ethyl adjacent to an activating group) is 1. The van der Waals surface area contributed by atoms with Crippen molar-refractivity contribution in [3.63, 3.8) is 0 Å². The van der Waals surface area contributed by atoms with E-state index in [1.807, 2.05) is 0 Å². The Morgan fingerprint density at radius 3 is 2.25 bits per heavy atom. The van der Waals surface area contributed by atoms with Gasteiger partial charge in [-0.05, 0) is 32.9 Å². The summed E-state index contributed by atoms with van der Waals surface area (Å²) in [5.41, 5.74) is 5.43. The second kappa shape index (κ2) is 13.4. The zero-order valence-electron chi connectivity index (χ0n) is 14.4. The quantitative estimate of drug-likeness (QED) is 0.246. The van der Waals surface area contributed by atoms with E-state index in [1.165, 1.54) is 0 Å². The highest BCUT2D eigenvalue weighted by Crippen LogP contribution is 2.01. The molecule has 0 radical (unpaired) electrons. The Hall–Kier alpha value is -2.00. The van der Waals surface area contributed by atoms with Crippen LogP contribution in [0, 0.1) is 0 Å². The van der Waals surface area contributed by atoms with Gasteiger partial charge in [-0.25, -0.2) is 0 Å². The fraction of sp³-hybridized carbons (Fsp3) is 0.733. The van der Waals surface area contributed by atoms with Crippen LogP contribution in [0.2, 0.25) is 0 Å². The summed E-state index contributed by atoms with van der Waals surface area (Å²) in [6.07, 6.45) is 2.15. The summed E-state index contributed by atoms with van der Waals surface area (Å²) in [5.74, 6) is -1.28. The van der Waals surface area contributed by atoms with Crippen LogP contribution in [0.15, 0.2) is 0 Å². The lowest BCUT2D eigenvalue weighted by Gasteiger charge is -2.18. The molecule has 0 bridgehead atoms. The third-order valence-corrected chi connectivity index (χ3v) is 3.24. The van der Waals surface area contributed by atoms with Gasteiger partial charge in [0.2, 0.25) is 17.7 Å². The fourth-order valence-electron chi connectivity index (χ4n) is 1.84. The predicted octanol–water partition coefficient (Wildman–Crippen LogP) is -1.97. The molecule has 0 aromatic carbocycles. The van der Waals surface area contributed by atoms with Crippen molar-refractivity contribution >= 4 is 23.5 Å². The lowest BCUT2D eigenvalue weighted by Crippen LogP contribution is -2.50. The van der Waals surface area contributed by atoms with Crippen molar-refractivity contribution in [2.24, 2.45) is 5.73 Å². The van der Waals surface area contributed by atoms with Crippen LogP contribution in [0.5, 0.6) is 0 Å². The molecule has 0 rings (SSSR count). The second-order valence-electron chi connectivity index (χ2n) is 5.32. The normalized spacial score (nSPS) is 11.5. The minimum atomic E-state index is -0.755. The van der Waals surface area contributed by atoms with Crippen molar-refractivity contribution in [1.29, 1.82) is 0 Å². The number of nitrogens with two attached hydrogens (primary N) is 1. The average Bonchev–Trinajstić information content (AvgIpc) is 2.57. The lowest BCUT2D eigenvalue weighted by atomic mass is 10.1. The van der Waals surface area contributed by atoms with E-state index in [-0.39, 0.29) is 31.3 Å². The third kappa shape index (κ3) is 10.7. The Kier molecular flexibility index (Phi) is 12.3. The zero-order valence-corrected chi connectivity index (χ0v) is 14.4. The van der Waals surface area contributed by atoms with Gasteiger partial charge in [0.15, 0.2) is 5.78 Å².